The Bertz CT molecular complexity index is 645. The predicted octanol–water partition coefficient (Wildman–Crippen LogP) is 2.88. The fourth-order valence-corrected chi connectivity index (χ4v) is 2.47. The molecule has 1 heterocycles. The molecule has 0 amide bonds. The summed E-state index contributed by atoms with van der Waals surface area (Å²) >= 11 is 1.49. The van der Waals surface area contributed by atoms with Crippen LogP contribution < -0.4 is 4.74 Å². The zero-order valence-corrected chi connectivity index (χ0v) is 12.2. The third-order valence-corrected chi connectivity index (χ3v) is 3.55. The van der Waals surface area contributed by atoms with Crippen LogP contribution in [-0.2, 0) is 10.5 Å². The summed E-state index contributed by atoms with van der Waals surface area (Å²) in [5.74, 6) is 0.424. The van der Waals surface area contributed by atoms with Crippen molar-refractivity contribution < 1.29 is 14.6 Å². The highest BCUT2D eigenvalue weighted by Gasteiger charge is 2.06. The minimum atomic E-state index is -0.973. The number of thioether (sulfide) groups is 1. The second-order valence-corrected chi connectivity index (χ2v) is 5.01. The van der Waals surface area contributed by atoms with Gasteiger partial charge in [0.05, 0.1) is 7.11 Å². The number of carboxylic acids is 1. The number of hydrogen-bond acceptors (Lipinski definition) is 5. The lowest BCUT2D eigenvalue weighted by molar-refractivity contribution is -0.131. The molecule has 0 aliphatic heterocycles. The van der Waals surface area contributed by atoms with Crippen molar-refractivity contribution in [3.8, 4) is 5.75 Å². The van der Waals surface area contributed by atoms with Gasteiger partial charge in [0, 0.05) is 29.8 Å². The van der Waals surface area contributed by atoms with Crippen molar-refractivity contribution in [2.45, 2.75) is 10.9 Å². The van der Waals surface area contributed by atoms with Gasteiger partial charge in [0.15, 0.2) is 5.16 Å². The molecule has 0 fully saturated rings. The number of methoxy groups -OCH3 is 1. The highest BCUT2D eigenvalue weighted by atomic mass is 32.2. The number of rotatable bonds is 6. The van der Waals surface area contributed by atoms with Gasteiger partial charge in [0.1, 0.15) is 5.75 Å². The Morgan fingerprint density at radius 2 is 2.14 bits per heavy atom. The van der Waals surface area contributed by atoms with Crippen LogP contribution in [0.15, 0.2) is 47.9 Å². The van der Waals surface area contributed by atoms with E-state index in [-0.39, 0.29) is 0 Å². The van der Waals surface area contributed by atoms with E-state index in [1.54, 1.807) is 31.6 Å². The van der Waals surface area contributed by atoms with E-state index in [4.69, 9.17) is 9.84 Å². The molecule has 0 aliphatic rings. The van der Waals surface area contributed by atoms with Gasteiger partial charge in [0.2, 0.25) is 0 Å². The number of benzene rings is 1. The average molecular weight is 302 g/mol. The summed E-state index contributed by atoms with van der Waals surface area (Å²) in [6, 6.07) is 7.30. The van der Waals surface area contributed by atoms with Gasteiger partial charge < -0.3 is 9.84 Å². The van der Waals surface area contributed by atoms with Gasteiger partial charge in [-0.1, -0.05) is 17.8 Å². The SMILES string of the molecule is COc1ccc(C=CC(=O)O)cc1CSc1ncccn1. The first kappa shape index (κ1) is 15.1. The van der Waals surface area contributed by atoms with Gasteiger partial charge in [-0.3, -0.25) is 0 Å². The van der Waals surface area contributed by atoms with Crippen molar-refractivity contribution in [1.29, 1.82) is 0 Å². The fraction of sp³-hybridized carbons (Fsp3) is 0.133. The predicted molar refractivity (Wildman–Crippen MR) is 81.3 cm³/mol. The van der Waals surface area contributed by atoms with Gasteiger partial charge in [-0.15, -0.1) is 0 Å². The molecule has 0 atom stereocenters. The van der Waals surface area contributed by atoms with Gasteiger partial charge in [-0.25, -0.2) is 14.8 Å². The molecule has 0 radical (unpaired) electrons. The van der Waals surface area contributed by atoms with Crippen LogP contribution >= 0.6 is 11.8 Å². The number of carbonyl (C=O) groups is 1. The second-order valence-electron chi connectivity index (χ2n) is 4.06. The number of carboxylic acid groups (broad SMARTS) is 1. The molecular weight excluding hydrogens is 288 g/mol. The van der Waals surface area contributed by atoms with Crippen LogP contribution in [-0.4, -0.2) is 28.2 Å². The Morgan fingerprint density at radius 3 is 2.81 bits per heavy atom. The Morgan fingerprint density at radius 1 is 1.38 bits per heavy atom. The molecule has 0 spiro atoms. The number of ether oxygens (including phenoxy) is 1. The molecule has 0 aliphatic carbocycles. The molecule has 0 saturated heterocycles. The van der Waals surface area contributed by atoms with Crippen LogP contribution in [0.25, 0.3) is 6.08 Å². The fourth-order valence-electron chi connectivity index (χ4n) is 1.68. The topological polar surface area (TPSA) is 72.3 Å². The third kappa shape index (κ3) is 4.61. The van der Waals surface area contributed by atoms with Crippen molar-refractivity contribution in [2.75, 3.05) is 7.11 Å². The van der Waals surface area contributed by atoms with E-state index in [0.29, 0.717) is 10.9 Å². The van der Waals surface area contributed by atoms with E-state index >= 15 is 0 Å². The summed E-state index contributed by atoms with van der Waals surface area (Å²) < 4.78 is 5.32. The monoisotopic (exact) mass is 302 g/mol. The van der Waals surface area contributed by atoms with Crippen molar-refractivity contribution in [2.24, 2.45) is 0 Å². The van der Waals surface area contributed by atoms with Crippen LogP contribution in [0.4, 0.5) is 0 Å². The minimum Gasteiger partial charge on any atom is -0.496 e. The van der Waals surface area contributed by atoms with Gasteiger partial charge >= 0.3 is 5.97 Å². The lowest BCUT2D eigenvalue weighted by Crippen LogP contribution is -1.93. The second kappa shape index (κ2) is 7.44. The van der Waals surface area contributed by atoms with Crippen molar-refractivity contribution >= 4 is 23.8 Å². The van der Waals surface area contributed by atoms with Crippen molar-refractivity contribution in [3.63, 3.8) is 0 Å². The number of aromatic nitrogens is 2. The van der Waals surface area contributed by atoms with Gasteiger partial charge in [-0.05, 0) is 29.8 Å². The van der Waals surface area contributed by atoms with Gasteiger partial charge in [-0.2, -0.15) is 0 Å². The third-order valence-electron chi connectivity index (χ3n) is 2.62. The molecule has 6 heteroatoms. The molecule has 1 aromatic carbocycles. The average Bonchev–Trinajstić information content (AvgIpc) is 2.52. The molecule has 0 unspecified atom stereocenters. The molecule has 0 saturated carbocycles. The van der Waals surface area contributed by atoms with E-state index in [2.05, 4.69) is 9.97 Å². The molecular formula is C15H14N2O3S. The Hall–Kier alpha value is -2.34. The molecule has 108 valence electrons. The van der Waals surface area contributed by atoms with Crippen molar-refractivity contribution in [1.82, 2.24) is 9.97 Å². The zero-order valence-electron chi connectivity index (χ0n) is 11.4. The maximum atomic E-state index is 10.6. The molecule has 1 N–H and O–H groups in total. The van der Waals surface area contributed by atoms with E-state index in [1.807, 2.05) is 18.2 Å². The minimum absolute atomic E-state index is 0.641. The standard InChI is InChI=1S/C15H14N2O3S/c1-20-13-5-3-11(4-6-14(18)19)9-12(13)10-21-15-16-7-2-8-17-15/h2-9H,10H2,1H3,(H,18,19). The first-order chi connectivity index (χ1) is 10.2. The van der Waals surface area contributed by atoms with E-state index < -0.39 is 5.97 Å². The first-order valence-corrected chi connectivity index (χ1v) is 7.15. The van der Waals surface area contributed by atoms with E-state index in [9.17, 15) is 4.79 Å². The summed E-state index contributed by atoms with van der Waals surface area (Å²) in [6.45, 7) is 0. The lowest BCUT2D eigenvalue weighted by Gasteiger charge is -2.08. The van der Waals surface area contributed by atoms with E-state index in [1.165, 1.54) is 11.8 Å². The molecule has 21 heavy (non-hydrogen) atoms. The van der Waals surface area contributed by atoms with Crippen LogP contribution in [0.1, 0.15) is 11.1 Å². The normalized spacial score (nSPS) is 10.7. The number of hydrogen-bond donors (Lipinski definition) is 1. The molecule has 2 rings (SSSR count). The molecule has 2 aromatic rings. The molecule has 0 bridgehead atoms. The van der Waals surface area contributed by atoms with Crippen LogP contribution in [0.3, 0.4) is 0 Å². The summed E-state index contributed by atoms with van der Waals surface area (Å²) in [6.07, 6.45) is 6.05. The molecule has 1 aromatic heterocycles. The van der Waals surface area contributed by atoms with E-state index in [0.717, 1.165) is 23.0 Å². The van der Waals surface area contributed by atoms with Crippen LogP contribution in [0.5, 0.6) is 5.75 Å². The zero-order chi connectivity index (χ0) is 15.1. The Kier molecular flexibility index (Phi) is 5.34. The highest BCUT2D eigenvalue weighted by Crippen LogP contribution is 2.27. The maximum absolute atomic E-state index is 10.6. The van der Waals surface area contributed by atoms with Crippen LogP contribution in [0.2, 0.25) is 0 Å². The summed E-state index contributed by atoms with van der Waals surface area (Å²) in [5.41, 5.74) is 1.77. The van der Waals surface area contributed by atoms with Crippen LogP contribution in [0, 0.1) is 0 Å². The molecule has 5 nitrogen and oxygen atoms in total. The first-order valence-electron chi connectivity index (χ1n) is 6.17. The highest BCUT2D eigenvalue weighted by molar-refractivity contribution is 7.98. The van der Waals surface area contributed by atoms with Crippen molar-refractivity contribution in [3.05, 3.63) is 53.9 Å². The smallest absolute Gasteiger partial charge is 0.328 e. The number of aliphatic carboxylic acids is 1. The summed E-state index contributed by atoms with van der Waals surface area (Å²) in [4.78, 5) is 18.9. The quantitative estimate of drug-likeness (QED) is 0.502. The number of nitrogens with zero attached hydrogens (tertiary/aromatic N) is 2. The Balaban J connectivity index is 2.16. The largest absolute Gasteiger partial charge is 0.496 e. The van der Waals surface area contributed by atoms with Gasteiger partial charge in [0.25, 0.3) is 0 Å². The summed E-state index contributed by atoms with van der Waals surface area (Å²) in [7, 11) is 1.61. The summed E-state index contributed by atoms with van der Waals surface area (Å²) in [5, 5.41) is 9.35. The lowest BCUT2D eigenvalue weighted by atomic mass is 10.1. The Labute approximate surface area is 126 Å². The maximum Gasteiger partial charge on any atom is 0.328 e.